The smallest absolute Gasteiger partial charge is 0.261 e. The lowest BCUT2D eigenvalue weighted by molar-refractivity contribution is 0.203. The predicted molar refractivity (Wildman–Crippen MR) is 101 cm³/mol. The maximum absolute atomic E-state index is 14.2. The summed E-state index contributed by atoms with van der Waals surface area (Å²) in [6.45, 7) is 3.09. The van der Waals surface area contributed by atoms with Gasteiger partial charge >= 0.3 is 0 Å². The molecule has 3 aromatic rings. The Morgan fingerprint density at radius 1 is 1.11 bits per heavy atom. The van der Waals surface area contributed by atoms with Crippen molar-refractivity contribution < 1.29 is 19.0 Å². The predicted octanol–water partition coefficient (Wildman–Crippen LogP) is 1.14. The molecule has 0 aliphatic rings. The van der Waals surface area contributed by atoms with Crippen molar-refractivity contribution in [2.75, 3.05) is 18.5 Å². The van der Waals surface area contributed by atoms with E-state index in [0.29, 0.717) is 4.57 Å². The molecule has 8 nitrogen and oxygen atoms in total. The van der Waals surface area contributed by atoms with Gasteiger partial charge in [0.25, 0.3) is 11.1 Å². The number of aliphatic hydroxyl groups excluding tert-OH is 2. The van der Waals surface area contributed by atoms with Crippen LogP contribution < -0.4 is 16.4 Å². The molecule has 150 valence electrons. The molecule has 28 heavy (non-hydrogen) atoms. The van der Waals surface area contributed by atoms with Gasteiger partial charge in [0.05, 0.1) is 24.6 Å². The summed E-state index contributed by atoms with van der Waals surface area (Å²) in [7, 11) is 0. The van der Waals surface area contributed by atoms with Gasteiger partial charge in [-0.2, -0.15) is 4.98 Å². The third kappa shape index (κ3) is 4.07. The maximum Gasteiger partial charge on any atom is 0.261 e. The Morgan fingerprint density at radius 2 is 1.71 bits per heavy atom. The minimum Gasteiger partial charge on any atom is -0.394 e. The lowest BCUT2D eigenvalue weighted by atomic mass is 10.2. The van der Waals surface area contributed by atoms with Crippen LogP contribution in [0.5, 0.6) is 0 Å². The highest BCUT2D eigenvalue weighted by Gasteiger charge is 2.18. The lowest BCUT2D eigenvalue weighted by Crippen LogP contribution is -2.30. The average molecular weight is 394 g/mol. The van der Waals surface area contributed by atoms with Crippen molar-refractivity contribution in [1.29, 1.82) is 0 Å². The molecule has 0 amide bonds. The number of H-pyrrole nitrogens is 1. The van der Waals surface area contributed by atoms with Gasteiger partial charge in [-0.1, -0.05) is 19.9 Å². The van der Waals surface area contributed by atoms with Gasteiger partial charge in [-0.05, 0) is 18.2 Å². The molecule has 2 aromatic heterocycles. The number of rotatable bonds is 5. The van der Waals surface area contributed by atoms with E-state index in [1.807, 2.05) is 13.8 Å². The number of nitrogens with zero attached hydrogens (tertiary/aromatic N) is 2. The van der Waals surface area contributed by atoms with Crippen molar-refractivity contribution in [3.8, 4) is 5.69 Å². The number of fused-ring (bicyclic) bond motifs is 1. The molecule has 4 N–H and O–H groups in total. The molecule has 10 heteroatoms. The van der Waals surface area contributed by atoms with E-state index in [1.54, 1.807) is 0 Å². The zero-order valence-corrected chi connectivity index (χ0v) is 15.2. The summed E-state index contributed by atoms with van der Waals surface area (Å²) in [5.74, 6) is -2.17. The van der Waals surface area contributed by atoms with Crippen molar-refractivity contribution in [3.63, 3.8) is 0 Å². The van der Waals surface area contributed by atoms with Crippen LogP contribution in [0.3, 0.4) is 0 Å². The summed E-state index contributed by atoms with van der Waals surface area (Å²) >= 11 is 0. The van der Waals surface area contributed by atoms with Gasteiger partial charge in [-0.3, -0.25) is 19.1 Å². The van der Waals surface area contributed by atoms with Crippen LogP contribution >= 0.6 is 0 Å². The second kappa shape index (κ2) is 9.20. The fourth-order valence-electron chi connectivity index (χ4n) is 2.45. The lowest BCUT2D eigenvalue weighted by Gasteiger charge is -2.15. The molecule has 3 rings (SSSR count). The van der Waals surface area contributed by atoms with E-state index in [2.05, 4.69) is 15.3 Å². The monoisotopic (exact) mass is 394 g/mol. The molecule has 0 fully saturated rings. The third-order valence-corrected chi connectivity index (χ3v) is 3.70. The molecule has 0 aliphatic heterocycles. The second-order valence-electron chi connectivity index (χ2n) is 5.44. The van der Waals surface area contributed by atoms with E-state index in [1.165, 1.54) is 6.07 Å². The normalized spacial score (nSPS) is 10.7. The van der Waals surface area contributed by atoms with Gasteiger partial charge in [-0.15, -0.1) is 0 Å². The number of hydrogen-bond donors (Lipinski definition) is 4. The summed E-state index contributed by atoms with van der Waals surface area (Å²) in [4.78, 5) is 30.9. The van der Waals surface area contributed by atoms with Gasteiger partial charge < -0.3 is 15.5 Å². The number of anilines is 1. The minimum absolute atomic E-state index is 0.0673. The third-order valence-electron chi connectivity index (χ3n) is 3.70. The van der Waals surface area contributed by atoms with Crippen LogP contribution in [-0.4, -0.2) is 44.0 Å². The van der Waals surface area contributed by atoms with Crippen LogP contribution in [0.15, 0.2) is 39.9 Å². The van der Waals surface area contributed by atoms with Crippen LogP contribution in [0.25, 0.3) is 16.7 Å². The van der Waals surface area contributed by atoms with E-state index in [-0.39, 0.29) is 17.0 Å². The van der Waals surface area contributed by atoms with Crippen LogP contribution in [-0.2, 0) is 0 Å². The molecule has 0 atom stereocenters. The highest BCUT2D eigenvalue weighted by molar-refractivity contribution is 5.76. The number of aromatic nitrogens is 3. The average Bonchev–Trinajstić information content (AvgIpc) is 2.69. The number of aromatic amines is 1. The van der Waals surface area contributed by atoms with Crippen molar-refractivity contribution in [1.82, 2.24) is 14.5 Å². The molecule has 0 radical (unpaired) electrons. The minimum atomic E-state index is -1.00. The number of halogens is 2. The summed E-state index contributed by atoms with van der Waals surface area (Å²) in [5.41, 5.74) is -2.39. The zero-order chi connectivity index (χ0) is 20.8. The standard InChI is InChI=1S/C16H14F2N4O4.C2H6/c17-10-2-1-3-11(18)13(10)22-12(25)5-4-9-14(22)20-16(21-15(9)26)19-8(6-23)7-24;1-2/h1-5,8,23-24H,6-7H2,(H2,19,20,21,26);1-2H3. The van der Waals surface area contributed by atoms with Gasteiger partial charge in [0.15, 0.2) is 5.65 Å². The molecular weight excluding hydrogens is 374 g/mol. The summed E-state index contributed by atoms with van der Waals surface area (Å²) in [6.07, 6.45) is 0. The van der Waals surface area contributed by atoms with Crippen molar-refractivity contribution in [3.05, 3.63) is 62.7 Å². The number of benzene rings is 1. The first-order valence-electron chi connectivity index (χ1n) is 8.55. The fourth-order valence-corrected chi connectivity index (χ4v) is 2.45. The zero-order valence-electron chi connectivity index (χ0n) is 15.2. The van der Waals surface area contributed by atoms with E-state index < -0.39 is 47.7 Å². The van der Waals surface area contributed by atoms with Crippen LogP contribution in [0.1, 0.15) is 13.8 Å². The molecule has 0 aliphatic carbocycles. The highest BCUT2D eigenvalue weighted by atomic mass is 19.1. The molecule has 0 bridgehead atoms. The Kier molecular flexibility index (Phi) is 6.96. The van der Waals surface area contributed by atoms with Crippen molar-refractivity contribution >= 4 is 17.0 Å². The molecule has 1 aromatic carbocycles. The first kappa shape index (κ1) is 21.2. The Labute approximate surface area is 158 Å². The van der Waals surface area contributed by atoms with Crippen LogP contribution in [0.4, 0.5) is 14.7 Å². The largest absolute Gasteiger partial charge is 0.394 e. The van der Waals surface area contributed by atoms with Gasteiger partial charge in [-0.25, -0.2) is 8.78 Å². The van der Waals surface area contributed by atoms with E-state index in [0.717, 1.165) is 24.3 Å². The SMILES string of the molecule is CC.O=c1[nH]c(NC(CO)CO)nc2c1ccc(=O)n2-c1c(F)cccc1F. The van der Waals surface area contributed by atoms with E-state index in [9.17, 15) is 18.4 Å². The Morgan fingerprint density at radius 3 is 2.29 bits per heavy atom. The van der Waals surface area contributed by atoms with E-state index >= 15 is 0 Å². The summed E-state index contributed by atoms with van der Waals surface area (Å²) in [5, 5.41) is 20.7. The highest BCUT2D eigenvalue weighted by Crippen LogP contribution is 2.19. The summed E-state index contributed by atoms with van der Waals surface area (Å²) in [6, 6.07) is 4.46. The molecule has 0 saturated carbocycles. The van der Waals surface area contributed by atoms with Gasteiger partial charge in [0.2, 0.25) is 5.95 Å². The number of aliphatic hydroxyl groups is 2. The second-order valence-corrected chi connectivity index (χ2v) is 5.44. The Hall–Kier alpha value is -3.11. The Bertz CT molecular complexity index is 1060. The first-order valence-corrected chi connectivity index (χ1v) is 8.55. The van der Waals surface area contributed by atoms with Crippen molar-refractivity contribution in [2.24, 2.45) is 0 Å². The Balaban J connectivity index is 0.00000136. The van der Waals surface area contributed by atoms with Gasteiger partial charge in [0, 0.05) is 6.07 Å². The summed E-state index contributed by atoms with van der Waals surface area (Å²) < 4.78 is 29.0. The van der Waals surface area contributed by atoms with Gasteiger partial charge in [0.1, 0.15) is 17.3 Å². The number of para-hydroxylation sites is 1. The van der Waals surface area contributed by atoms with Crippen LogP contribution in [0.2, 0.25) is 0 Å². The van der Waals surface area contributed by atoms with E-state index in [4.69, 9.17) is 10.2 Å². The molecule has 0 saturated heterocycles. The topological polar surface area (TPSA) is 120 Å². The number of pyridine rings is 1. The first-order chi connectivity index (χ1) is 13.5. The number of hydrogen-bond acceptors (Lipinski definition) is 6. The quantitative estimate of drug-likeness (QED) is 0.515. The fraction of sp³-hybridized carbons (Fsp3) is 0.278. The number of nitrogens with one attached hydrogen (secondary N) is 2. The molecular formula is C18H20F2N4O4. The van der Waals surface area contributed by atoms with Crippen molar-refractivity contribution in [2.45, 2.75) is 19.9 Å². The molecule has 2 heterocycles. The van der Waals surface area contributed by atoms with Crippen LogP contribution in [0, 0.1) is 11.6 Å². The molecule has 0 spiro atoms. The maximum atomic E-state index is 14.2. The molecule has 0 unspecified atom stereocenters.